The molecule has 1 aliphatic carbocycles. The standard InChI is InChI=1S/C21H18ClF5N4O3/c1-20(34)6-5-9-10(21(25,26)27)7-14(29-17(9)20)31-13(8-28-19(31)33)18(32)30(2)12-4-3-11(23)15(22)16(12)24/h3-4,7,13,34H,5-6,8H2,1-2H3,(H,28,33)/t13-,20?/m0/s1. The molecule has 1 saturated heterocycles. The maximum Gasteiger partial charge on any atom is 0.416 e. The third-order valence-corrected chi connectivity index (χ3v) is 6.35. The van der Waals surface area contributed by atoms with Gasteiger partial charge in [0.1, 0.15) is 28.3 Å². The number of aromatic nitrogens is 1. The summed E-state index contributed by atoms with van der Waals surface area (Å²) in [6.45, 7) is 1.01. The normalized spacial score (nSPS) is 22.1. The zero-order valence-corrected chi connectivity index (χ0v) is 18.6. The second-order valence-corrected chi connectivity index (χ2v) is 8.67. The van der Waals surface area contributed by atoms with Gasteiger partial charge in [0.15, 0.2) is 5.82 Å². The van der Waals surface area contributed by atoms with Crippen LogP contribution in [0, 0.1) is 11.6 Å². The van der Waals surface area contributed by atoms with Crippen LogP contribution in [0.15, 0.2) is 18.2 Å². The smallest absolute Gasteiger partial charge is 0.384 e. The number of anilines is 2. The fourth-order valence-corrected chi connectivity index (χ4v) is 4.36. The summed E-state index contributed by atoms with van der Waals surface area (Å²) < 4.78 is 69.3. The Morgan fingerprint density at radius 2 is 2.03 bits per heavy atom. The van der Waals surface area contributed by atoms with Gasteiger partial charge in [-0.3, -0.25) is 9.69 Å². The van der Waals surface area contributed by atoms with Crippen molar-refractivity contribution in [1.29, 1.82) is 0 Å². The highest BCUT2D eigenvalue weighted by Gasteiger charge is 2.46. The molecule has 2 N–H and O–H groups in total. The number of amides is 3. The van der Waals surface area contributed by atoms with Crippen molar-refractivity contribution in [3.63, 3.8) is 0 Å². The fourth-order valence-electron chi connectivity index (χ4n) is 4.20. The lowest BCUT2D eigenvalue weighted by Gasteiger charge is -2.28. The lowest BCUT2D eigenvalue weighted by atomic mass is 10.0. The van der Waals surface area contributed by atoms with Gasteiger partial charge in [0, 0.05) is 13.6 Å². The van der Waals surface area contributed by atoms with E-state index in [1.165, 1.54) is 6.92 Å². The molecule has 1 unspecified atom stereocenters. The van der Waals surface area contributed by atoms with E-state index in [-0.39, 0.29) is 30.6 Å². The van der Waals surface area contributed by atoms with Gasteiger partial charge in [-0.1, -0.05) is 11.6 Å². The number of benzene rings is 1. The fraction of sp³-hybridized carbons (Fsp3) is 0.381. The molecule has 34 heavy (non-hydrogen) atoms. The molecular formula is C21H18ClF5N4O3. The van der Waals surface area contributed by atoms with Crippen LogP contribution >= 0.6 is 11.6 Å². The van der Waals surface area contributed by atoms with Crippen LogP contribution in [0.5, 0.6) is 0 Å². The predicted octanol–water partition coefficient (Wildman–Crippen LogP) is 3.75. The van der Waals surface area contributed by atoms with E-state index < -0.39 is 63.5 Å². The first kappa shape index (κ1) is 24.1. The second-order valence-electron chi connectivity index (χ2n) is 8.29. The number of likely N-dealkylation sites (N-methyl/N-ethyl adjacent to an activating group) is 1. The van der Waals surface area contributed by atoms with Gasteiger partial charge in [0.25, 0.3) is 5.91 Å². The van der Waals surface area contributed by atoms with Crippen molar-refractivity contribution in [3.8, 4) is 0 Å². The van der Waals surface area contributed by atoms with Gasteiger partial charge in [-0.15, -0.1) is 0 Å². The molecule has 1 aromatic carbocycles. The van der Waals surface area contributed by atoms with Gasteiger partial charge in [0.2, 0.25) is 0 Å². The number of pyridine rings is 1. The van der Waals surface area contributed by atoms with Crippen molar-refractivity contribution < 1.29 is 36.6 Å². The molecule has 0 bridgehead atoms. The summed E-state index contributed by atoms with van der Waals surface area (Å²) in [5, 5.41) is 12.1. The molecule has 2 atom stereocenters. The number of alkyl halides is 3. The van der Waals surface area contributed by atoms with Crippen molar-refractivity contribution in [2.75, 3.05) is 23.4 Å². The number of fused-ring (bicyclic) bond motifs is 1. The number of rotatable bonds is 3. The monoisotopic (exact) mass is 504 g/mol. The van der Waals surface area contributed by atoms with Gasteiger partial charge in [-0.2, -0.15) is 13.2 Å². The number of urea groups is 1. The van der Waals surface area contributed by atoms with E-state index >= 15 is 0 Å². The highest BCUT2D eigenvalue weighted by Crippen LogP contribution is 2.44. The Balaban J connectivity index is 1.77. The molecule has 2 heterocycles. The van der Waals surface area contributed by atoms with E-state index in [1.54, 1.807) is 0 Å². The molecule has 2 aromatic rings. The summed E-state index contributed by atoms with van der Waals surface area (Å²) in [4.78, 5) is 31.3. The summed E-state index contributed by atoms with van der Waals surface area (Å²) in [6.07, 6.45) is -4.86. The number of nitrogens with one attached hydrogen (secondary N) is 1. The lowest BCUT2D eigenvalue weighted by Crippen LogP contribution is -2.47. The molecule has 0 saturated carbocycles. The molecule has 1 aliphatic heterocycles. The molecule has 13 heteroatoms. The number of carbonyl (C=O) groups is 2. The number of carbonyl (C=O) groups excluding carboxylic acids is 2. The Kier molecular flexibility index (Phi) is 5.72. The van der Waals surface area contributed by atoms with E-state index in [0.717, 1.165) is 29.0 Å². The summed E-state index contributed by atoms with van der Waals surface area (Å²) in [5.41, 5.74) is -3.53. The molecule has 2 aliphatic rings. The van der Waals surface area contributed by atoms with Crippen molar-refractivity contribution in [3.05, 3.63) is 51.7 Å². The molecule has 1 fully saturated rings. The number of halogens is 6. The zero-order valence-electron chi connectivity index (χ0n) is 17.8. The van der Waals surface area contributed by atoms with Crippen molar-refractivity contribution in [2.45, 2.75) is 37.6 Å². The first-order valence-corrected chi connectivity index (χ1v) is 10.4. The van der Waals surface area contributed by atoms with Crippen LogP contribution in [0.2, 0.25) is 5.02 Å². The van der Waals surface area contributed by atoms with Gasteiger partial charge in [0.05, 0.1) is 16.9 Å². The van der Waals surface area contributed by atoms with E-state index in [9.17, 15) is 36.6 Å². The number of hydrogen-bond acceptors (Lipinski definition) is 4. The maximum atomic E-state index is 14.4. The zero-order chi connectivity index (χ0) is 25.2. The van der Waals surface area contributed by atoms with E-state index in [4.69, 9.17) is 11.6 Å². The van der Waals surface area contributed by atoms with Crippen LogP contribution in [0.25, 0.3) is 0 Å². The Morgan fingerprint density at radius 1 is 1.35 bits per heavy atom. The van der Waals surface area contributed by atoms with E-state index in [1.807, 2.05) is 0 Å². The molecule has 182 valence electrons. The SMILES string of the molecule is CN(C(=O)[C@@H]1CNC(=O)N1c1cc(C(F)(F)F)c2c(n1)C(C)(O)CC2)c1ccc(F)c(Cl)c1F. The van der Waals surface area contributed by atoms with E-state index in [2.05, 4.69) is 10.3 Å². The van der Waals surface area contributed by atoms with Crippen LogP contribution in [0.4, 0.5) is 38.3 Å². The highest BCUT2D eigenvalue weighted by molar-refractivity contribution is 6.31. The quantitative estimate of drug-likeness (QED) is 0.492. The molecule has 3 amide bonds. The van der Waals surface area contributed by atoms with Gasteiger partial charge >= 0.3 is 12.2 Å². The van der Waals surface area contributed by atoms with Gasteiger partial charge < -0.3 is 15.3 Å². The van der Waals surface area contributed by atoms with E-state index in [0.29, 0.717) is 6.07 Å². The molecule has 0 radical (unpaired) electrons. The van der Waals surface area contributed by atoms with Crippen LogP contribution < -0.4 is 15.1 Å². The minimum atomic E-state index is -4.80. The third-order valence-electron chi connectivity index (χ3n) is 6.00. The van der Waals surface area contributed by atoms with Crippen LogP contribution in [-0.4, -0.2) is 41.7 Å². The predicted molar refractivity (Wildman–Crippen MR) is 112 cm³/mol. The van der Waals surface area contributed by atoms with Gasteiger partial charge in [-0.05, 0) is 43.5 Å². The molecule has 0 spiro atoms. The summed E-state index contributed by atoms with van der Waals surface area (Å²) in [5.74, 6) is -3.64. The number of nitrogens with zero attached hydrogens (tertiary/aromatic N) is 3. The minimum Gasteiger partial charge on any atom is -0.384 e. The Bertz CT molecular complexity index is 1200. The highest BCUT2D eigenvalue weighted by atomic mass is 35.5. The van der Waals surface area contributed by atoms with Gasteiger partial charge in [-0.25, -0.2) is 18.6 Å². The average molecular weight is 505 g/mol. The Labute approximate surface area is 195 Å². The maximum absolute atomic E-state index is 14.4. The van der Waals surface area contributed by atoms with Crippen LogP contribution in [-0.2, 0) is 23.0 Å². The topological polar surface area (TPSA) is 85.8 Å². The number of hydrogen-bond donors (Lipinski definition) is 2. The minimum absolute atomic E-state index is 0.00373. The number of aliphatic hydroxyl groups is 1. The third kappa shape index (κ3) is 3.84. The van der Waals surface area contributed by atoms with Crippen LogP contribution in [0.1, 0.15) is 30.2 Å². The first-order valence-electron chi connectivity index (χ1n) is 10.1. The Morgan fingerprint density at radius 3 is 2.68 bits per heavy atom. The van der Waals surface area contributed by atoms with Crippen LogP contribution in [0.3, 0.4) is 0 Å². The second kappa shape index (κ2) is 8.05. The van der Waals surface area contributed by atoms with Crippen molar-refractivity contribution >= 4 is 35.0 Å². The van der Waals surface area contributed by atoms with Crippen molar-refractivity contribution in [1.82, 2.24) is 10.3 Å². The lowest BCUT2D eigenvalue weighted by molar-refractivity contribution is -0.138. The largest absolute Gasteiger partial charge is 0.416 e. The Hall–Kier alpha value is -2.99. The molecule has 4 rings (SSSR count). The first-order chi connectivity index (χ1) is 15.7. The van der Waals surface area contributed by atoms with Crippen molar-refractivity contribution in [2.24, 2.45) is 0 Å². The summed E-state index contributed by atoms with van der Waals surface area (Å²) in [7, 11) is 1.15. The molecule has 1 aromatic heterocycles. The average Bonchev–Trinajstić information content (AvgIpc) is 3.29. The molecule has 7 nitrogen and oxygen atoms in total. The summed E-state index contributed by atoms with van der Waals surface area (Å²) in [6, 6.07) is 0.164. The summed E-state index contributed by atoms with van der Waals surface area (Å²) >= 11 is 5.57. The molecular weight excluding hydrogens is 487 g/mol.